The first-order chi connectivity index (χ1) is 10.8. The molecule has 1 aromatic carbocycles. The number of alkyl halides is 2. The van der Waals surface area contributed by atoms with E-state index in [4.69, 9.17) is 23.2 Å². The van der Waals surface area contributed by atoms with E-state index in [-0.39, 0.29) is 24.4 Å². The zero-order valence-corrected chi connectivity index (χ0v) is 14.7. The number of aryl methyl sites for hydroxylation is 1. The molecule has 124 valence electrons. The predicted octanol–water partition coefficient (Wildman–Crippen LogP) is 3.60. The van der Waals surface area contributed by atoms with Crippen LogP contribution >= 0.6 is 23.2 Å². The largest absolute Gasteiger partial charge is 0.325 e. The van der Waals surface area contributed by atoms with Gasteiger partial charge in [-0.2, -0.15) is 0 Å². The molecule has 0 bridgehead atoms. The highest BCUT2D eigenvalue weighted by atomic mass is 35.5. The molecule has 0 aromatic heterocycles. The number of amides is 3. The lowest BCUT2D eigenvalue weighted by molar-refractivity contribution is -0.131. The first-order valence-electron chi connectivity index (χ1n) is 7.89. The highest BCUT2D eigenvalue weighted by Crippen LogP contribution is 2.53. The van der Waals surface area contributed by atoms with E-state index in [1.165, 1.54) is 10.5 Å². The van der Waals surface area contributed by atoms with Crippen molar-refractivity contribution in [3.05, 3.63) is 35.4 Å². The van der Waals surface area contributed by atoms with E-state index in [0.29, 0.717) is 6.42 Å². The van der Waals surface area contributed by atoms with Crippen LogP contribution in [0.15, 0.2) is 24.3 Å². The number of hydrogen-bond acceptors (Lipinski definition) is 2. The number of rotatable bonds is 5. The van der Waals surface area contributed by atoms with Crippen molar-refractivity contribution in [2.45, 2.75) is 43.0 Å². The molecule has 1 N–H and O–H groups in total. The molecule has 0 spiro atoms. The molecule has 4 nitrogen and oxygen atoms in total. The van der Waals surface area contributed by atoms with Crippen molar-refractivity contribution in [2.75, 3.05) is 6.54 Å². The second-order valence-electron chi connectivity index (χ2n) is 6.58. The van der Waals surface area contributed by atoms with Crippen LogP contribution in [-0.2, 0) is 16.8 Å². The van der Waals surface area contributed by atoms with Crippen molar-refractivity contribution >= 4 is 35.1 Å². The maximum atomic E-state index is 12.8. The number of carbonyl (C=O) groups is 2. The van der Waals surface area contributed by atoms with Gasteiger partial charge in [-0.05, 0) is 30.9 Å². The maximum Gasteiger partial charge on any atom is 0.325 e. The summed E-state index contributed by atoms with van der Waals surface area (Å²) in [6, 6.07) is 7.46. The summed E-state index contributed by atoms with van der Waals surface area (Å²) in [4.78, 5) is 26.2. The van der Waals surface area contributed by atoms with Crippen molar-refractivity contribution in [2.24, 2.45) is 5.92 Å². The van der Waals surface area contributed by atoms with Gasteiger partial charge in [0.1, 0.15) is 9.87 Å². The summed E-state index contributed by atoms with van der Waals surface area (Å²) < 4.78 is -0.804. The summed E-state index contributed by atoms with van der Waals surface area (Å²) >= 11 is 12.0. The third kappa shape index (κ3) is 2.94. The molecule has 2 atom stereocenters. The summed E-state index contributed by atoms with van der Waals surface area (Å²) in [5.41, 5.74) is 0.982. The third-order valence-electron chi connectivity index (χ3n) is 4.70. The van der Waals surface area contributed by atoms with E-state index >= 15 is 0 Å². The fraction of sp³-hybridized carbons (Fsp3) is 0.529. The first-order valence-corrected chi connectivity index (χ1v) is 8.65. The Morgan fingerprint density at radius 2 is 1.87 bits per heavy atom. The zero-order valence-electron chi connectivity index (χ0n) is 13.2. The van der Waals surface area contributed by atoms with Gasteiger partial charge in [0.2, 0.25) is 0 Å². The molecule has 3 rings (SSSR count). The number of hydrogen-bond donors (Lipinski definition) is 1. The predicted molar refractivity (Wildman–Crippen MR) is 90.6 cm³/mol. The Bertz CT molecular complexity index is 644. The van der Waals surface area contributed by atoms with Gasteiger partial charge in [-0.1, -0.05) is 37.6 Å². The number of nitrogens with zero attached hydrogens (tertiary/aromatic N) is 1. The van der Waals surface area contributed by atoms with Crippen molar-refractivity contribution < 1.29 is 9.59 Å². The lowest BCUT2D eigenvalue weighted by Crippen LogP contribution is -2.41. The SMILES string of the molecule is CCCc1ccc([C@@]2(C)NC(=O)N(C[C@H]3CC3(Cl)Cl)C2=O)cc1. The minimum Gasteiger partial charge on any atom is -0.319 e. The van der Waals surface area contributed by atoms with Gasteiger partial charge in [0.25, 0.3) is 5.91 Å². The Kier molecular flexibility index (Phi) is 4.09. The summed E-state index contributed by atoms with van der Waals surface area (Å²) in [6.07, 6.45) is 2.67. The lowest BCUT2D eigenvalue weighted by Gasteiger charge is -2.22. The van der Waals surface area contributed by atoms with E-state index in [2.05, 4.69) is 12.2 Å². The average molecular weight is 355 g/mol. The molecule has 2 aliphatic rings. The summed E-state index contributed by atoms with van der Waals surface area (Å²) in [6.45, 7) is 4.13. The van der Waals surface area contributed by atoms with Gasteiger partial charge in [-0.25, -0.2) is 4.79 Å². The van der Waals surface area contributed by atoms with Gasteiger partial charge < -0.3 is 5.32 Å². The van der Waals surface area contributed by atoms with E-state index in [0.717, 1.165) is 18.4 Å². The fourth-order valence-electron chi connectivity index (χ4n) is 3.04. The van der Waals surface area contributed by atoms with Gasteiger partial charge in [0.05, 0.1) is 0 Å². The molecule has 1 aromatic rings. The van der Waals surface area contributed by atoms with E-state index < -0.39 is 9.87 Å². The molecule has 6 heteroatoms. The molecule has 0 unspecified atom stereocenters. The Hall–Kier alpha value is -1.26. The summed E-state index contributed by atoms with van der Waals surface area (Å²) in [5.74, 6) is -0.295. The van der Waals surface area contributed by atoms with Crippen LogP contribution in [0.2, 0.25) is 0 Å². The third-order valence-corrected chi connectivity index (χ3v) is 5.63. The molecule has 3 amide bonds. The number of benzene rings is 1. The van der Waals surface area contributed by atoms with Crippen LogP contribution < -0.4 is 5.32 Å². The minimum absolute atomic E-state index is 0.0465. The second kappa shape index (κ2) is 5.67. The van der Waals surface area contributed by atoms with Gasteiger partial charge in [0.15, 0.2) is 0 Å². The van der Waals surface area contributed by atoms with E-state index in [1.807, 2.05) is 24.3 Å². The zero-order chi connectivity index (χ0) is 16.8. The number of imide groups is 1. The van der Waals surface area contributed by atoms with Crippen molar-refractivity contribution in [1.82, 2.24) is 10.2 Å². The molecule has 1 aliphatic heterocycles. The second-order valence-corrected chi connectivity index (χ2v) is 8.12. The molecule has 1 heterocycles. The molecular weight excluding hydrogens is 335 g/mol. The molecule has 1 saturated carbocycles. The normalized spacial score (nSPS) is 28.9. The molecule has 1 aliphatic carbocycles. The number of urea groups is 1. The van der Waals surface area contributed by atoms with E-state index in [9.17, 15) is 9.59 Å². The number of halogens is 2. The van der Waals surface area contributed by atoms with Crippen LogP contribution in [0.5, 0.6) is 0 Å². The van der Waals surface area contributed by atoms with Crippen molar-refractivity contribution in [1.29, 1.82) is 0 Å². The van der Waals surface area contributed by atoms with E-state index in [1.54, 1.807) is 6.92 Å². The lowest BCUT2D eigenvalue weighted by atomic mass is 9.91. The first kappa shape index (κ1) is 16.6. The van der Waals surface area contributed by atoms with Gasteiger partial charge >= 0.3 is 6.03 Å². The average Bonchev–Trinajstić information content (AvgIpc) is 3.04. The van der Waals surface area contributed by atoms with Crippen LogP contribution in [0, 0.1) is 5.92 Å². The van der Waals surface area contributed by atoms with Crippen molar-refractivity contribution in [3.63, 3.8) is 0 Å². The van der Waals surface area contributed by atoms with Crippen LogP contribution in [0.1, 0.15) is 37.8 Å². The van der Waals surface area contributed by atoms with Crippen LogP contribution in [-0.4, -0.2) is 27.7 Å². The number of nitrogens with one attached hydrogen (secondary N) is 1. The Balaban J connectivity index is 1.79. The monoisotopic (exact) mass is 354 g/mol. The van der Waals surface area contributed by atoms with Crippen LogP contribution in [0.3, 0.4) is 0 Å². The topological polar surface area (TPSA) is 49.4 Å². The Morgan fingerprint density at radius 1 is 1.26 bits per heavy atom. The highest BCUT2D eigenvalue weighted by Gasteiger charge is 2.56. The summed E-state index contributed by atoms with van der Waals surface area (Å²) in [5, 5.41) is 2.81. The Labute approximate surface area is 146 Å². The highest BCUT2D eigenvalue weighted by molar-refractivity contribution is 6.50. The fourth-order valence-corrected chi connectivity index (χ4v) is 3.55. The minimum atomic E-state index is -1.03. The van der Waals surface area contributed by atoms with Gasteiger partial charge in [-0.3, -0.25) is 9.69 Å². The molecule has 0 radical (unpaired) electrons. The molecule has 1 saturated heterocycles. The number of carbonyl (C=O) groups excluding carboxylic acids is 2. The van der Waals surface area contributed by atoms with Crippen LogP contribution in [0.4, 0.5) is 4.79 Å². The molecule has 2 fully saturated rings. The Morgan fingerprint density at radius 3 is 2.39 bits per heavy atom. The quantitative estimate of drug-likeness (QED) is 0.648. The standard InChI is InChI=1S/C17H20Cl2N2O2/c1-3-4-11-5-7-12(8-6-11)16(2)14(22)21(15(23)20-16)10-13-9-17(13,18)19/h5-8,13H,3-4,9-10H2,1-2H3,(H,20,23)/t13-,16-/m1/s1. The molecule has 23 heavy (non-hydrogen) atoms. The van der Waals surface area contributed by atoms with Gasteiger partial charge in [-0.15, -0.1) is 23.2 Å². The smallest absolute Gasteiger partial charge is 0.319 e. The molecular formula is C17H20Cl2N2O2. The summed E-state index contributed by atoms with van der Waals surface area (Å²) in [7, 11) is 0. The maximum absolute atomic E-state index is 12.8. The van der Waals surface area contributed by atoms with Crippen LogP contribution in [0.25, 0.3) is 0 Å². The van der Waals surface area contributed by atoms with Gasteiger partial charge in [0, 0.05) is 12.5 Å². The van der Waals surface area contributed by atoms with Crippen molar-refractivity contribution in [3.8, 4) is 0 Å².